The molecule has 0 spiro atoms. The van der Waals surface area contributed by atoms with Crippen LogP contribution in [0.4, 0.5) is 5.69 Å². The number of thioether (sulfide) groups is 1. The molecule has 16 heavy (non-hydrogen) atoms. The molecule has 0 amide bonds. The van der Waals surface area contributed by atoms with Gasteiger partial charge in [-0.3, -0.25) is 4.79 Å². The number of carbonyl (C=O) groups is 1. The second-order valence-corrected chi connectivity index (χ2v) is 5.05. The fraction of sp³-hybridized carbons (Fsp3) is 0.154. The molecule has 1 N–H and O–H groups in total. The Morgan fingerprint density at radius 3 is 3.12 bits per heavy atom. The van der Waals surface area contributed by atoms with Gasteiger partial charge >= 0.3 is 0 Å². The van der Waals surface area contributed by atoms with E-state index in [1.54, 1.807) is 11.8 Å². The molecule has 2 nitrogen and oxygen atoms in total. The van der Waals surface area contributed by atoms with Gasteiger partial charge in [0.15, 0.2) is 5.78 Å². The van der Waals surface area contributed by atoms with Gasteiger partial charge < -0.3 is 5.32 Å². The molecule has 0 unspecified atom stereocenters. The fourth-order valence-corrected chi connectivity index (χ4v) is 2.90. The van der Waals surface area contributed by atoms with E-state index in [-0.39, 0.29) is 5.78 Å². The zero-order valence-corrected chi connectivity index (χ0v) is 9.73. The molecule has 0 bridgehead atoms. The van der Waals surface area contributed by atoms with E-state index in [9.17, 15) is 4.79 Å². The van der Waals surface area contributed by atoms with Crippen LogP contribution >= 0.6 is 11.8 Å². The second kappa shape index (κ2) is 3.52. The molecular weight excluding hydrogens is 218 g/mol. The van der Waals surface area contributed by atoms with Crippen LogP contribution < -0.4 is 5.32 Å². The van der Waals surface area contributed by atoms with Crippen molar-refractivity contribution in [2.24, 2.45) is 0 Å². The molecule has 0 saturated heterocycles. The quantitative estimate of drug-likeness (QED) is 0.740. The minimum absolute atomic E-state index is 0.209. The van der Waals surface area contributed by atoms with Crippen LogP contribution in [0.15, 0.2) is 45.8 Å². The number of benzene rings is 1. The summed E-state index contributed by atoms with van der Waals surface area (Å²) in [6.45, 7) is 2.07. The SMILES string of the molecule is Cc1ccc2c(c1)NC1=C(S2)C(=O)CC=C1. The Bertz CT molecular complexity index is 543. The zero-order valence-electron chi connectivity index (χ0n) is 8.91. The molecule has 1 aromatic rings. The van der Waals surface area contributed by atoms with Gasteiger partial charge in [0.2, 0.25) is 0 Å². The van der Waals surface area contributed by atoms with Crippen molar-refractivity contribution in [1.29, 1.82) is 0 Å². The first-order valence-corrected chi connectivity index (χ1v) is 6.05. The van der Waals surface area contributed by atoms with Crippen molar-refractivity contribution >= 4 is 23.2 Å². The zero-order chi connectivity index (χ0) is 11.1. The summed E-state index contributed by atoms with van der Waals surface area (Å²) in [5, 5.41) is 3.32. The minimum atomic E-state index is 0.209. The number of fused-ring (bicyclic) bond motifs is 1. The molecule has 0 radical (unpaired) electrons. The molecule has 1 heterocycles. The number of Topliss-reactive ketones (excluding diaryl/α,β-unsaturated/α-hetero) is 1. The highest BCUT2D eigenvalue weighted by Gasteiger charge is 2.23. The number of aryl methyl sites for hydroxylation is 1. The van der Waals surface area contributed by atoms with Crippen molar-refractivity contribution < 1.29 is 4.79 Å². The lowest BCUT2D eigenvalue weighted by molar-refractivity contribution is -0.114. The molecule has 1 aliphatic heterocycles. The Kier molecular flexibility index (Phi) is 2.14. The summed E-state index contributed by atoms with van der Waals surface area (Å²) in [4.78, 5) is 13.7. The summed E-state index contributed by atoms with van der Waals surface area (Å²) in [5.41, 5.74) is 3.27. The Balaban J connectivity index is 2.07. The summed E-state index contributed by atoms with van der Waals surface area (Å²) in [6, 6.07) is 6.25. The Labute approximate surface area is 98.4 Å². The van der Waals surface area contributed by atoms with Crippen LogP contribution in [0.2, 0.25) is 0 Å². The largest absolute Gasteiger partial charge is 0.354 e. The van der Waals surface area contributed by atoms with Crippen molar-refractivity contribution in [2.75, 3.05) is 5.32 Å². The van der Waals surface area contributed by atoms with Gasteiger partial charge in [-0.25, -0.2) is 0 Å². The average molecular weight is 229 g/mol. The normalized spacial score (nSPS) is 17.9. The van der Waals surface area contributed by atoms with Crippen LogP contribution in [0.3, 0.4) is 0 Å². The summed E-state index contributed by atoms with van der Waals surface area (Å²) >= 11 is 1.57. The lowest BCUT2D eigenvalue weighted by atomic mass is 10.1. The van der Waals surface area contributed by atoms with Crippen molar-refractivity contribution in [2.45, 2.75) is 18.2 Å². The van der Waals surface area contributed by atoms with Gasteiger partial charge in [-0.15, -0.1) is 0 Å². The maximum Gasteiger partial charge on any atom is 0.175 e. The van der Waals surface area contributed by atoms with E-state index in [4.69, 9.17) is 0 Å². The number of nitrogens with one attached hydrogen (secondary N) is 1. The molecule has 0 atom stereocenters. The smallest absolute Gasteiger partial charge is 0.175 e. The highest BCUT2D eigenvalue weighted by atomic mass is 32.2. The molecule has 2 aliphatic rings. The van der Waals surface area contributed by atoms with Gasteiger partial charge in [-0.05, 0) is 30.7 Å². The topological polar surface area (TPSA) is 29.1 Å². The standard InChI is InChI=1S/C13H11NOS/c1-8-5-6-12-10(7-8)14-9-3-2-4-11(15)13(9)16-12/h2-3,5-7,14H,4H2,1H3. The van der Waals surface area contributed by atoms with Crippen molar-refractivity contribution in [1.82, 2.24) is 0 Å². The van der Waals surface area contributed by atoms with Gasteiger partial charge in [-0.2, -0.15) is 0 Å². The summed E-state index contributed by atoms with van der Waals surface area (Å²) in [5.74, 6) is 0.209. The predicted molar refractivity (Wildman–Crippen MR) is 66.4 cm³/mol. The second-order valence-electron chi connectivity index (χ2n) is 4.00. The summed E-state index contributed by atoms with van der Waals surface area (Å²) in [7, 11) is 0. The minimum Gasteiger partial charge on any atom is -0.354 e. The van der Waals surface area contributed by atoms with E-state index in [2.05, 4.69) is 30.4 Å². The molecule has 0 aromatic heterocycles. The molecular formula is C13H11NOS. The Morgan fingerprint density at radius 1 is 1.38 bits per heavy atom. The fourth-order valence-electron chi connectivity index (χ4n) is 1.90. The van der Waals surface area contributed by atoms with E-state index < -0.39 is 0 Å². The first-order chi connectivity index (χ1) is 7.74. The molecule has 3 heteroatoms. The third kappa shape index (κ3) is 1.48. The highest BCUT2D eigenvalue weighted by molar-refractivity contribution is 8.04. The number of rotatable bonds is 0. The molecule has 1 aromatic carbocycles. The monoisotopic (exact) mass is 229 g/mol. The molecule has 3 rings (SSSR count). The first-order valence-electron chi connectivity index (χ1n) is 5.23. The number of hydrogen-bond donors (Lipinski definition) is 1. The Morgan fingerprint density at radius 2 is 2.25 bits per heavy atom. The van der Waals surface area contributed by atoms with Gasteiger partial charge in [0.25, 0.3) is 0 Å². The van der Waals surface area contributed by atoms with E-state index in [0.29, 0.717) is 6.42 Å². The van der Waals surface area contributed by atoms with Crippen molar-refractivity contribution in [3.63, 3.8) is 0 Å². The number of hydrogen-bond acceptors (Lipinski definition) is 3. The number of ketones is 1. The maximum absolute atomic E-state index is 11.7. The van der Waals surface area contributed by atoms with E-state index in [0.717, 1.165) is 21.2 Å². The van der Waals surface area contributed by atoms with E-state index in [1.807, 2.05) is 12.2 Å². The van der Waals surface area contributed by atoms with Crippen molar-refractivity contribution in [3.8, 4) is 0 Å². The van der Waals surface area contributed by atoms with Crippen LogP contribution in [0.5, 0.6) is 0 Å². The lowest BCUT2D eigenvalue weighted by Gasteiger charge is -2.23. The van der Waals surface area contributed by atoms with Gasteiger partial charge in [0.1, 0.15) is 0 Å². The highest BCUT2D eigenvalue weighted by Crippen LogP contribution is 2.42. The third-order valence-electron chi connectivity index (χ3n) is 2.70. The van der Waals surface area contributed by atoms with Crippen LogP contribution in [-0.2, 0) is 4.79 Å². The van der Waals surface area contributed by atoms with Crippen LogP contribution in [0.25, 0.3) is 0 Å². The van der Waals surface area contributed by atoms with Crippen LogP contribution in [-0.4, -0.2) is 5.78 Å². The average Bonchev–Trinajstić information content (AvgIpc) is 2.27. The lowest BCUT2D eigenvalue weighted by Crippen LogP contribution is -2.14. The molecule has 0 fully saturated rings. The molecule has 0 saturated carbocycles. The molecule has 80 valence electrons. The maximum atomic E-state index is 11.7. The van der Waals surface area contributed by atoms with Crippen LogP contribution in [0, 0.1) is 6.92 Å². The number of anilines is 1. The predicted octanol–water partition coefficient (Wildman–Crippen LogP) is 3.25. The summed E-state index contributed by atoms with van der Waals surface area (Å²) < 4.78 is 0. The Hall–Kier alpha value is -1.48. The summed E-state index contributed by atoms with van der Waals surface area (Å²) in [6.07, 6.45) is 4.43. The van der Waals surface area contributed by atoms with Gasteiger partial charge in [0, 0.05) is 11.3 Å². The van der Waals surface area contributed by atoms with Crippen molar-refractivity contribution in [3.05, 3.63) is 46.5 Å². The number of carbonyl (C=O) groups excluding carboxylic acids is 1. The third-order valence-corrected chi connectivity index (χ3v) is 3.93. The number of allylic oxidation sites excluding steroid dienone is 3. The van der Waals surface area contributed by atoms with Crippen LogP contribution in [0.1, 0.15) is 12.0 Å². The van der Waals surface area contributed by atoms with E-state index in [1.165, 1.54) is 5.56 Å². The molecule has 1 aliphatic carbocycles. The van der Waals surface area contributed by atoms with Gasteiger partial charge in [-0.1, -0.05) is 23.9 Å². The first kappa shape index (κ1) is 9.73. The van der Waals surface area contributed by atoms with Gasteiger partial charge in [0.05, 0.1) is 16.3 Å². The van der Waals surface area contributed by atoms with E-state index >= 15 is 0 Å².